The summed E-state index contributed by atoms with van der Waals surface area (Å²) in [6, 6.07) is 0. The van der Waals surface area contributed by atoms with Gasteiger partial charge in [-0.2, -0.15) is 0 Å². The van der Waals surface area contributed by atoms with Gasteiger partial charge in [-0.3, -0.25) is 4.90 Å². The Morgan fingerprint density at radius 2 is 2.47 bits per heavy atom. The molecule has 5 heteroatoms. The summed E-state index contributed by atoms with van der Waals surface area (Å²) in [5.74, 6) is 0. The van der Waals surface area contributed by atoms with Gasteiger partial charge in [-0.25, -0.2) is 4.98 Å². The highest BCUT2D eigenvalue weighted by Gasteiger charge is 2.07. The van der Waals surface area contributed by atoms with E-state index in [1.54, 1.807) is 18.4 Å². The molecule has 17 heavy (non-hydrogen) atoms. The zero-order chi connectivity index (χ0) is 12.5. The second-order valence-electron chi connectivity index (χ2n) is 3.79. The summed E-state index contributed by atoms with van der Waals surface area (Å²) >= 11 is 1.68. The van der Waals surface area contributed by atoms with E-state index in [-0.39, 0.29) is 0 Å². The molecule has 1 aromatic rings. The number of aromatic nitrogens is 1. The van der Waals surface area contributed by atoms with E-state index in [9.17, 15) is 0 Å². The minimum Gasteiger partial charge on any atom is -0.383 e. The molecular weight excluding hydrogens is 234 g/mol. The molecule has 0 aliphatic carbocycles. The van der Waals surface area contributed by atoms with Gasteiger partial charge in [0.05, 0.1) is 17.3 Å². The predicted octanol–water partition coefficient (Wildman–Crippen LogP) is 1.28. The first kappa shape index (κ1) is 14.3. The fourth-order valence-corrected chi connectivity index (χ4v) is 2.33. The highest BCUT2D eigenvalue weighted by molar-refractivity contribution is 7.09. The first-order valence-corrected chi connectivity index (χ1v) is 6.63. The van der Waals surface area contributed by atoms with E-state index in [4.69, 9.17) is 10.5 Å². The first-order valence-electron chi connectivity index (χ1n) is 5.75. The second-order valence-corrected chi connectivity index (χ2v) is 4.73. The maximum atomic E-state index is 5.51. The third-order valence-electron chi connectivity index (χ3n) is 2.34. The first-order chi connectivity index (χ1) is 8.30. The number of hydrogen-bond donors (Lipinski definition) is 1. The lowest BCUT2D eigenvalue weighted by atomic mass is 10.4. The smallest absolute Gasteiger partial charge is 0.0941 e. The molecule has 0 aromatic carbocycles. The average molecular weight is 255 g/mol. The van der Waals surface area contributed by atoms with Crippen LogP contribution in [-0.4, -0.2) is 43.2 Å². The van der Waals surface area contributed by atoms with Crippen LogP contribution in [0.1, 0.15) is 10.7 Å². The lowest BCUT2D eigenvalue weighted by Crippen LogP contribution is -2.27. The van der Waals surface area contributed by atoms with Crippen LogP contribution in [-0.2, 0) is 17.7 Å². The summed E-state index contributed by atoms with van der Waals surface area (Å²) in [6.07, 6.45) is 2.77. The largest absolute Gasteiger partial charge is 0.383 e. The van der Waals surface area contributed by atoms with Gasteiger partial charge in [-0.15, -0.1) is 17.9 Å². The Balaban J connectivity index is 2.48. The molecule has 0 aliphatic heterocycles. The number of nitrogens with zero attached hydrogens (tertiary/aromatic N) is 2. The normalized spacial score (nSPS) is 11.0. The minimum absolute atomic E-state index is 0.660. The Hall–Kier alpha value is -0.750. The Kier molecular flexibility index (Phi) is 7.04. The minimum atomic E-state index is 0.660. The molecule has 96 valence electrons. The van der Waals surface area contributed by atoms with Crippen LogP contribution in [0.2, 0.25) is 0 Å². The van der Waals surface area contributed by atoms with Gasteiger partial charge < -0.3 is 10.5 Å². The van der Waals surface area contributed by atoms with Crippen molar-refractivity contribution < 1.29 is 4.74 Å². The predicted molar refractivity (Wildman–Crippen MR) is 72.2 cm³/mol. The van der Waals surface area contributed by atoms with Crippen LogP contribution in [0.5, 0.6) is 0 Å². The van der Waals surface area contributed by atoms with E-state index < -0.39 is 0 Å². The molecule has 2 N–H and O–H groups in total. The summed E-state index contributed by atoms with van der Waals surface area (Å²) in [7, 11) is 1.72. The van der Waals surface area contributed by atoms with E-state index in [0.717, 1.165) is 43.4 Å². The van der Waals surface area contributed by atoms with Gasteiger partial charge in [0.1, 0.15) is 0 Å². The second kappa shape index (κ2) is 8.36. The number of methoxy groups -OCH3 is 1. The van der Waals surface area contributed by atoms with Gasteiger partial charge in [0.2, 0.25) is 0 Å². The van der Waals surface area contributed by atoms with Crippen molar-refractivity contribution in [3.63, 3.8) is 0 Å². The van der Waals surface area contributed by atoms with Crippen molar-refractivity contribution in [1.29, 1.82) is 0 Å². The summed E-state index contributed by atoms with van der Waals surface area (Å²) in [5, 5.41) is 3.22. The summed E-state index contributed by atoms with van der Waals surface area (Å²) in [4.78, 5) is 6.81. The summed E-state index contributed by atoms with van der Waals surface area (Å²) < 4.78 is 5.09. The molecule has 0 radical (unpaired) electrons. The summed E-state index contributed by atoms with van der Waals surface area (Å²) in [6.45, 7) is 7.75. The molecule has 0 aliphatic rings. The van der Waals surface area contributed by atoms with Crippen molar-refractivity contribution in [2.24, 2.45) is 5.73 Å². The SMILES string of the molecule is C=CCN(CCOC)Cc1csc(CCN)n1. The maximum absolute atomic E-state index is 5.51. The van der Waals surface area contributed by atoms with Crippen LogP contribution in [0.25, 0.3) is 0 Å². The van der Waals surface area contributed by atoms with E-state index in [2.05, 4.69) is 21.8 Å². The molecule has 1 rings (SSSR count). The van der Waals surface area contributed by atoms with E-state index >= 15 is 0 Å². The molecule has 0 saturated carbocycles. The molecule has 0 amide bonds. The number of ether oxygens (including phenoxy) is 1. The fraction of sp³-hybridized carbons (Fsp3) is 0.583. The van der Waals surface area contributed by atoms with Crippen molar-refractivity contribution in [2.45, 2.75) is 13.0 Å². The number of rotatable bonds is 9. The van der Waals surface area contributed by atoms with Gasteiger partial charge in [0, 0.05) is 38.5 Å². The third kappa shape index (κ3) is 5.41. The Morgan fingerprint density at radius 1 is 1.65 bits per heavy atom. The molecule has 0 saturated heterocycles. The lowest BCUT2D eigenvalue weighted by Gasteiger charge is -2.18. The summed E-state index contributed by atoms with van der Waals surface area (Å²) in [5.41, 5.74) is 6.62. The van der Waals surface area contributed by atoms with Crippen LogP contribution >= 0.6 is 11.3 Å². The van der Waals surface area contributed by atoms with Crippen LogP contribution in [0.4, 0.5) is 0 Å². The van der Waals surface area contributed by atoms with Crippen molar-refractivity contribution in [3.05, 3.63) is 28.7 Å². The van der Waals surface area contributed by atoms with E-state index in [1.165, 1.54) is 0 Å². The van der Waals surface area contributed by atoms with Crippen molar-refractivity contribution in [3.8, 4) is 0 Å². The molecule has 0 bridgehead atoms. The molecular formula is C12H21N3OS. The zero-order valence-corrected chi connectivity index (χ0v) is 11.2. The molecule has 0 spiro atoms. The van der Waals surface area contributed by atoms with E-state index in [1.807, 2.05) is 6.08 Å². The lowest BCUT2D eigenvalue weighted by molar-refractivity contribution is 0.150. The van der Waals surface area contributed by atoms with Crippen LogP contribution in [0.15, 0.2) is 18.0 Å². The number of nitrogens with two attached hydrogens (primary N) is 1. The average Bonchev–Trinajstić information content (AvgIpc) is 2.74. The zero-order valence-electron chi connectivity index (χ0n) is 10.4. The third-order valence-corrected chi connectivity index (χ3v) is 3.30. The topological polar surface area (TPSA) is 51.4 Å². The van der Waals surface area contributed by atoms with Crippen molar-refractivity contribution in [1.82, 2.24) is 9.88 Å². The monoisotopic (exact) mass is 255 g/mol. The molecule has 1 heterocycles. The Labute approximate surface area is 107 Å². The van der Waals surface area contributed by atoms with Crippen molar-refractivity contribution in [2.75, 3.05) is 33.4 Å². The molecule has 0 unspecified atom stereocenters. The van der Waals surface area contributed by atoms with Crippen LogP contribution < -0.4 is 5.73 Å². The molecule has 4 nitrogen and oxygen atoms in total. The molecule has 0 fully saturated rings. The van der Waals surface area contributed by atoms with Gasteiger partial charge in [-0.1, -0.05) is 6.08 Å². The van der Waals surface area contributed by atoms with Crippen LogP contribution in [0.3, 0.4) is 0 Å². The fourth-order valence-electron chi connectivity index (χ4n) is 1.53. The van der Waals surface area contributed by atoms with Crippen LogP contribution in [0, 0.1) is 0 Å². The van der Waals surface area contributed by atoms with Crippen molar-refractivity contribution >= 4 is 11.3 Å². The molecule has 0 atom stereocenters. The number of thiazole rings is 1. The van der Waals surface area contributed by atoms with Gasteiger partial charge >= 0.3 is 0 Å². The van der Waals surface area contributed by atoms with Gasteiger partial charge in [-0.05, 0) is 6.54 Å². The standard InChI is InChI=1S/C12H21N3OS/c1-3-6-15(7-8-16-2)9-11-10-17-12(14-11)4-5-13/h3,10H,1,4-9,13H2,2H3. The maximum Gasteiger partial charge on any atom is 0.0941 e. The quantitative estimate of drug-likeness (QED) is 0.675. The number of hydrogen-bond acceptors (Lipinski definition) is 5. The van der Waals surface area contributed by atoms with Gasteiger partial charge in [0.25, 0.3) is 0 Å². The van der Waals surface area contributed by atoms with Gasteiger partial charge in [0.15, 0.2) is 0 Å². The highest BCUT2D eigenvalue weighted by atomic mass is 32.1. The highest BCUT2D eigenvalue weighted by Crippen LogP contribution is 2.12. The molecule has 1 aromatic heterocycles. The van der Waals surface area contributed by atoms with E-state index in [0.29, 0.717) is 6.54 Å². The Bertz CT molecular complexity index is 327. The Morgan fingerprint density at radius 3 is 3.12 bits per heavy atom.